The molecule has 0 aliphatic heterocycles. The molecule has 0 aliphatic carbocycles. The van der Waals surface area contributed by atoms with E-state index in [4.69, 9.17) is 0 Å². The summed E-state index contributed by atoms with van der Waals surface area (Å²) in [6.45, 7) is 0. The van der Waals surface area contributed by atoms with E-state index in [1.165, 1.54) is 0 Å². The predicted octanol–water partition coefficient (Wildman–Crippen LogP) is -2.89. The van der Waals surface area contributed by atoms with Crippen molar-refractivity contribution in [1.82, 2.24) is 0 Å². The van der Waals surface area contributed by atoms with Crippen molar-refractivity contribution in [2.24, 2.45) is 0 Å². The standard InChI is InChI=1S/Er.Na.Y.Yb.H/q;+1;;;-1. The van der Waals surface area contributed by atoms with Crippen LogP contribution in [0.15, 0.2) is 0 Å². The number of hydrogen-bond donors (Lipinski definition) is 0. The van der Waals surface area contributed by atoms with E-state index in [1.807, 2.05) is 0 Å². The molecule has 0 bridgehead atoms. The molecule has 4 heteroatoms. The van der Waals surface area contributed by atoms with Crippen molar-refractivity contribution in [3.05, 3.63) is 0 Å². The Morgan fingerprint density at radius 2 is 1.25 bits per heavy atom. The molecular formula is HErNaYYb. The van der Waals surface area contributed by atoms with Gasteiger partial charge >= 0.3 is 29.6 Å². The quantitative estimate of drug-likeness (QED) is 0.346. The van der Waals surface area contributed by atoms with Gasteiger partial charge in [0, 0.05) is 117 Å². The molecule has 0 amide bonds. The largest absolute Gasteiger partial charge is 1.00 e. The van der Waals surface area contributed by atoms with E-state index in [2.05, 4.69) is 0 Å². The first kappa shape index (κ1) is 23.2. The summed E-state index contributed by atoms with van der Waals surface area (Å²) in [5, 5.41) is 0. The fourth-order valence-electron chi connectivity index (χ4n) is 0. The molecule has 0 fully saturated rings. The Labute approximate surface area is 143 Å². The number of rotatable bonds is 0. The SMILES string of the molecule is [Er].[H-].[Na+].[Y].[Yb]. The molecule has 31 valence electrons. The van der Waals surface area contributed by atoms with Crippen LogP contribution in [-0.2, 0) is 32.7 Å². The van der Waals surface area contributed by atoms with Gasteiger partial charge in [0.25, 0.3) is 0 Å². The first-order valence-electron chi connectivity index (χ1n) is 0. The van der Waals surface area contributed by atoms with Crippen LogP contribution < -0.4 is 29.6 Å². The fourth-order valence-corrected chi connectivity index (χ4v) is 0. The minimum Gasteiger partial charge on any atom is -1.00 e. The van der Waals surface area contributed by atoms with Crippen LogP contribution in [0.25, 0.3) is 0 Å². The van der Waals surface area contributed by atoms with Gasteiger partial charge in [-0.25, -0.2) is 0 Å². The van der Waals surface area contributed by atoms with Gasteiger partial charge in [0.15, 0.2) is 0 Å². The van der Waals surface area contributed by atoms with Gasteiger partial charge in [-0.15, -0.1) is 0 Å². The second kappa shape index (κ2) is 15.7. The van der Waals surface area contributed by atoms with Gasteiger partial charge in [-0.1, -0.05) is 0 Å². The minimum absolute atomic E-state index is 0. The van der Waals surface area contributed by atoms with Gasteiger partial charge in [-0.3, -0.25) is 0 Å². The van der Waals surface area contributed by atoms with Gasteiger partial charge in [-0.05, 0) is 0 Å². The second-order valence-electron chi connectivity index (χ2n) is 0. The van der Waals surface area contributed by atoms with Crippen molar-refractivity contribution in [1.29, 1.82) is 0 Å². The molecule has 0 unspecified atom stereocenters. The van der Waals surface area contributed by atoms with Gasteiger partial charge in [0.05, 0.1) is 0 Å². The monoisotopic (exact) mass is 453 g/mol. The van der Waals surface area contributed by atoms with Crippen LogP contribution in [0.5, 0.6) is 0 Å². The Kier molecular flexibility index (Phi) is 90.7. The van der Waals surface area contributed by atoms with Crippen molar-refractivity contribution in [2.75, 3.05) is 0 Å². The van der Waals surface area contributed by atoms with E-state index in [0.29, 0.717) is 0 Å². The first-order chi connectivity index (χ1) is 0. The zero-order valence-electron chi connectivity index (χ0n) is 3.13. The maximum atomic E-state index is 0. The predicted molar refractivity (Wildman–Crippen MR) is 1.11 cm³/mol. The van der Waals surface area contributed by atoms with Crippen molar-refractivity contribution < 1.29 is 148 Å². The van der Waals surface area contributed by atoms with Gasteiger partial charge in [-0.2, -0.15) is 0 Å². The molecule has 0 saturated carbocycles. The third kappa shape index (κ3) is 9.98. The van der Waals surface area contributed by atoms with E-state index in [1.54, 1.807) is 0 Å². The molecule has 0 atom stereocenters. The van der Waals surface area contributed by atoms with Crippen LogP contribution in [0.2, 0.25) is 0 Å². The van der Waals surface area contributed by atoms with E-state index in [0.717, 1.165) is 0 Å². The molecule has 0 spiro atoms. The molecule has 0 nitrogen and oxygen atoms in total. The Bertz CT molecular complexity index is 11.6. The molecule has 4 heavy (non-hydrogen) atoms. The second-order valence-corrected chi connectivity index (χ2v) is 0. The maximum Gasteiger partial charge on any atom is 1.00 e. The zero-order chi connectivity index (χ0) is 0. The average Bonchev–Trinajstić information content (AvgIpc) is 0. The zero-order valence-corrected chi connectivity index (χ0v) is 10.5. The normalized spacial score (nSPS) is 0. The summed E-state index contributed by atoms with van der Waals surface area (Å²) in [4.78, 5) is 0. The Hall–Kier alpha value is 4.87. The minimum atomic E-state index is 0. The van der Waals surface area contributed by atoms with E-state index in [-0.39, 0.29) is 148 Å². The third-order valence-corrected chi connectivity index (χ3v) is 0. The summed E-state index contributed by atoms with van der Waals surface area (Å²) in [6, 6.07) is 0. The van der Waals surface area contributed by atoms with Crippen LogP contribution in [0, 0.1) is 84.2 Å². The van der Waals surface area contributed by atoms with Crippen molar-refractivity contribution >= 4 is 0 Å². The average molecular weight is 453 g/mol. The summed E-state index contributed by atoms with van der Waals surface area (Å²) >= 11 is 0. The molecule has 0 heterocycles. The molecule has 0 N–H and O–H groups in total. The van der Waals surface area contributed by atoms with Crippen LogP contribution in [0.3, 0.4) is 0 Å². The molecule has 1 radical (unpaired) electrons. The summed E-state index contributed by atoms with van der Waals surface area (Å²) in [6.07, 6.45) is 0. The Morgan fingerprint density at radius 3 is 1.25 bits per heavy atom. The van der Waals surface area contributed by atoms with Crippen LogP contribution in [0.1, 0.15) is 1.43 Å². The molecule has 0 saturated heterocycles. The third-order valence-electron chi connectivity index (χ3n) is 0. The molecule has 0 rings (SSSR count). The van der Waals surface area contributed by atoms with Gasteiger partial charge < -0.3 is 1.43 Å². The van der Waals surface area contributed by atoms with Crippen molar-refractivity contribution in [3.63, 3.8) is 0 Å². The topological polar surface area (TPSA) is 0 Å². The van der Waals surface area contributed by atoms with Gasteiger partial charge in [0.2, 0.25) is 0 Å². The molecular weight excluding hydrogens is 452 g/mol. The van der Waals surface area contributed by atoms with Crippen molar-refractivity contribution in [2.45, 2.75) is 0 Å². The molecule has 0 aromatic heterocycles. The maximum absolute atomic E-state index is 0. The van der Waals surface area contributed by atoms with E-state index >= 15 is 0 Å². The summed E-state index contributed by atoms with van der Waals surface area (Å²) < 4.78 is 0. The number of hydrogen-bond acceptors (Lipinski definition) is 0. The Morgan fingerprint density at radius 1 is 1.25 bits per heavy atom. The molecule has 0 aromatic rings. The van der Waals surface area contributed by atoms with E-state index < -0.39 is 0 Å². The van der Waals surface area contributed by atoms with Crippen LogP contribution in [-0.4, -0.2) is 0 Å². The first-order valence-corrected chi connectivity index (χ1v) is 0. The fraction of sp³-hybridized carbons (Fsp3) is 0. The summed E-state index contributed by atoms with van der Waals surface area (Å²) in [5.74, 6) is 0. The van der Waals surface area contributed by atoms with Crippen molar-refractivity contribution in [3.8, 4) is 0 Å². The van der Waals surface area contributed by atoms with Crippen LogP contribution in [0.4, 0.5) is 0 Å². The molecule has 0 aromatic carbocycles. The summed E-state index contributed by atoms with van der Waals surface area (Å²) in [5.41, 5.74) is 0. The summed E-state index contributed by atoms with van der Waals surface area (Å²) in [7, 11) is 0. The molecule has 0 aliphatic rings. The van der Waals surface area contributed by atoms with Gasteiger partial charge in [0.1, 0.15) is 0 Å². The smallest absolute Gasteiger partial charge is 1.00 e. The Balaban J connectivity index is 0. The van der Waals surface area contributed by atoms with E-state index in [9.17, 15) is 0 Å². The van der Waals surface area contributed by atoms with Crippen LogP contribution >= 0.6 is 0 Å².